The van der Waals surface area contributed by atoms with Gasteiger partial charge in [0.15, 0.2) is 0 Å². The lowest BCUT2D eigenvalue weighted by Gasteiger charge is -2.03. The Morgan fingerprint density at radius 2 is 1.85 bits per heavy atom. The van der Waals surface area contributed by atoms with Gasteiger partial charge in [0.2, 0.25) is 5.91 Å². The molecule has 5 nitrogen and oxygen atoms in total. The second-order valence-electron chi connectivity index (χ2n) is 1.99. The Balaban J connectivity index is 3.35. The molecular weight excluding hydrogens is 172 g/mol. The average molecular weight is 184 g/mol. The van der Waals surface area contributed by atoms with Crippen molar-refractivity contribution in [3.05, 3.63) is 25.5 Å². The predicted molar refractivity (Wildman–Crippen MR) is 47.9 cm³/mol. The number of amides is 2. The third-order valence-corrected chi connectivity index (χ3v) is 1.07. The third-order valence-electron chi connectivity index (χ3n) is 1.07. The molecule has 0 aliphatic rings. The Morgan fingerprint density at radius 3 is 2.38 bits per heavy atom. The highest BCUT2D eigenvalue weighted by atomic mass is 16.5. The zero-order valence-corrected chi connectivity index (χ0v) is 7.21. The minimum atomic E-state index is -0.595. The molecule has 0 spiro atoms. The predicted octanol–water partition coefficient (Wildman–Crippen LogP) is 0.158. The smallest absolute Gasteiger partial charge is 0.412 e. The SMILES string of the molecule is C=COC(=O)NCCNC(=O)C=C. The Labute approximate surface area is 76.5 Å². The van der Waals surface area contributed by atoms with Crippen LogP contribution in [0, 0.1) is 0 Å². The minimum Gasteiger partial charge on any atom is -0.419 e. The lowest BCUT2D eigenvalue weighted by Crippen LogP contribution is -2.33. The van der Waals surface area contributed by atoms with Crippen molar-refractivity contribution in [1.82, 2.24) is 10.6 Å². The van der Waals surface area contributed by atoms with E-state index in [-0.39, 0.29) is 5.91 Å². The Bertz CT molecular complexity index is 213. The van der Waals surface area contributed by atoms with Gasteiger partial charge in [0.05, 0.1) is 6.26 Å². The number of nitrogens with one attached hydrogen (secondary N) is 2. The van der Waals surface area contributed by atoms with Crippen molar-refractivity contribution in [2.24, 2.45) is 0 Å². The van der Waals surface area contributed by atoms with Crippen LogP contribution in [0.25, 0.3) is 0 Å². The third kappa shape index (κ3) is 6.61. The first-order valence-electron chi connectivity index (χ1n) is 3.66. The quantitative estimate of drug-likeness (QED) is 0.363. The lowest BCUT2D eigenvalue weighted by atomic mass is 10.5. The molecule has 0 saturated carbocycles. The number of carbonyl (C=O) groups is 2. The summed E-state index contributed by atoms with van der Waals surface area (Å²) in [6.45, 7) is 7.10. The Kier molecular flexibility index (Phi) is 5.96. The van der Waals surface area contributed by atoms with Gasteiger partial charge in [-0.1, -0.05) is 13.2 Å². The van der Waals surface area contributed by atoms with Gasteiger partial charge in [-0.15, -0.1) is 0 Å². The monoisotopic (exact) mass is 184 g/mol. The largest absolute Gasteiger partial charge is 0.419 e. The van der Waals surface area contributed by atoms with Crippen molar-refractivity contribution in [2.45, 2.75) is 0 Å². The maximum absolute atomic E-state index is 10.6. The zero-order chi connectivity index (χ0) is 10.1. The van der Waals surface area contributed by atoms with Crippen molar-refractivity contribution in [1.29, 1.82) is 0 Å². The average Bonchev–Trinajstić information content (AvgIpc) is 2.12. The van der Waals surface area contributed by atoms with E-state index in [1.54, 1.807) is 0 Å². The van der Waals surface area contributed by atoms with E-state index >= 15 is 0 Å². The van der Waals surface area contributed by atoms with Crippen LogP contribution < -0.4 is 10.6 Å². The molecular formula is C8H12N2O3. The van der Waals surface area contributed by atoms with Gasteiger partial charge >= 0.3 is 6.09 Å². The maximum atomic E-state index is 10.6. The summed E-state index contributed by atoms with van der Waals surface area (Å²) in [5, 5.41) is 4.86. The first-order chi connectivity index (χ1) is 6.20. The van der Waals surface area contributed by atoms with Gasteiger partial charge in [0.25, 0.3) is 0 Å². The zero-order valence-electron chi connectivity index (χ0n) is 7.21. The molecule has 0 aromatic carbocycles. The van der Waals surface area contributed by atoms with Crippen molar-refractivity contribution >= 4 is 12.0 Å². The summed E-state index contributed by atoms with van der Waals surface area (Å²) in [6.07, 6.45) is 1.59. The van der Waals surface area contributed by atoms with Crippen molar-refractivity contribution in [3.63, 3.8) is 0 Å². The number of alkyl carbamates (subject to hydrolysis) is 1. The van der Waals surface area contributed by atoms with E-state index < -0.39 is 6.09 Å². The summed E-state index contributed by atoms with van der Waals surface area (Å²) >= 11 is 0. The molecule has 0 bridgehead atoms. The summed E-state index contributed by atoms with van der Waals surface area (Å²) in [5.74, 6) is -0.279. The molecule has 72 valence electrons. The highest BCUT2D eigenvalue weighted by molar-refractivity contribution is 5.86. The van der Waals surface area contributed by atoms with Crippen LogP contribution in [0.15, 0.2) is 25.5 Å². The molecule has 0 aromatic heterocycles. The van der Waals surface area contributed by atoms with Gasteiger partial charge < -0.3 is 15.4 Å². The molecule has 0 aliphatic carbocycles. The molecule has 2 amide bonds. The second kappa shape index (κ2) is 6.90. The fourth-order valence-electron chi connectivity index (χ4n) is 0.540. The van der Waals surface area contributed by atoms with Gasteiger partial charge in [0.1, 0.15) is 0 Å². The molecule has 0 unspecified atom stereocenters. The summed E-state index contributed by atoms with van der Waals surface area (Å²) in [6, 6.07) is 0. The molecule has 2 N–H and O–H groups in total. The summed E-state index contributed by atoms with van der Waals surface area (Å²) in [5.41, 5.74) is 0. The normalized spacial score (nSPS) is 8.31. The molecule has 0 radical (unpaired) electrons. The first kappa shape index (κ1) is 11.2. The number of carbonyl (C=O) groups excluding carboxylic acids is 2. The van der Waals surface area contributed by atoms with Gasteiger partial charge in [0, 0.05) is 13.1 Å². The number of ether oxygens (including phenoxy) is 1. The number of hydrogen-bond acceptors (Lipinski definition) is 3. The van der Waals surface area contributed by atoms with Gasteiger partial charge in [-0.3, -0.25) is 4.79 Å². The van der Waals surface area contributed by atoms with Crippen molar-refractivity contribution < 1.29 is 14.3 Å². The highest BCUT2D eigenvalue weighted by Gasteiger charge is 1.97. The maximum Gasteiger partial charge on any atom is 0.412 e. The van der Waals surface area contributed by atoms with E-state index in [1.165, 1.54) is 0 Å². The molecule has 13 heavy (non-hydrogen) atoms. The van der Waals surface area contributed by atoms with Crippen molar-refractivity contribution in [2.75, 3.05) is 13.1 Å². The van der Waals surface area contributed by atoms with Gasteiger partial charge in [-0.25, -0.2) is 4.79 Å². The number of rotatable bonds is 5. The van der Waals surface area contributed by atoms with E-state index in [9.17, 15) is 9.59 Å². The lowest BCUT2D eigenvalue weighted by molar-refractivity contribution is -0.116. The van der Waals surface area contributed by atoms with Crippen LogP contribution in [0.3, 0.4) is 0 Å². The van der Waals surface area contributed by atoms with Gasteiger partial charge in [-0.2, -0.15) is 0 Å². The minimum absolute atomic E-state index is 0.279. The highest BCUT2D eigenvalue weighted by Crippen LogP contribution is 1.75. The Morgan fingerprint density at radius 1 is 1.23 bits per heavy atom. The summed E-state index contributed by atoms with van der Waals surface area (Å²) in [4.78, 5) is 21.2. The fourth-order valence-corrected chi connectivity index (χ4v) is 0.540. The topological polar surface area (TPSA) is 67.4 Å². The first-order valence-corrected chi connectivity index (χ1v) is 3.66. The number of hydrogen-bond donors (Lipinski definition) is 2. The molecule has 0 aromatic rings. The van der Waals surface area contributed by atoms with E-state index in [4.69, 9.17) is 0 Å². The molecule has 0 atom stereocenters. The van der Waals surface area contributed by atoms with Crippen LogP contribution in [-0.2, 0) is 9.53 Å². The van der Waals surface area contributed by atoms with Crippen LogP contribution in [-0.4, -0.2) is 25.1 Å². The van der Waals surface area contributed by atoms with Crippen molar-refractivity contribution in [3.8, 4) is 0 Å². The van der Waals surface area contributed by atoms with E-state index in [2.05, 4.69) is 28.5 Å². The molecule has 0 heterocycles. The van der Waals surface area contributed by atoms with Crippen LogP contribution in [0.4, 0.5) is 4.79 Å². The Hall–Kier alpha value is -1.78. The molecule has 5 heteroatoms. The van der Waals surface area contributed by atoms with E-state index in [1.807, 2.05) is 0 Å². The molecule has 0 rings (SSSR count). The van der Waals surface area contributed by atoms with E-state index in [0.29, 0.717) is 13.1 Å². The molecule has 0 aliphatic heterocycles. The van der Waals surface area contributed by atoms with Gasteiger partial charge in [-0.05, 0) is 6.08 Å². The summed E-state index contributed by atoms with van der Waals surface area (Å²) < 4.78 is 4.36. The van der Waals surface area contributed by atoms with Crippen LogP contribution in [0.5, 0.6) is 0 Å². The standard InChI is InChI=1S/C8H12N2O3/c1-3-7(11)9-5-6-10-8(12)13-4-2/h3-4H,1-2,5-6H2,(H,9,11)(H,10,12). The van der Waals surface area contributed by atoms with E-state index in [0.717, 1.165) is 12.3 Å². The second-order valence-corrected chi connectivity index (χ2v) is 1.99. The summed E-state index contributed by atoms with van der Waals surface area (Å²) in [7, 11) is 0. The van der Waals surface area contributed by atoms with Crippen LogP contribution >= 0.6 is 0 Å². The van der Waals surface area contributed by atoms with Crippen LogP contribution in [0.1, 0.15) is 0 Å². The fraction of sp³-hybridized carbons (Fsp3) is 0.250. The molecule has 0 saturated heterocycles. The molecule has 0 fully saturated rings. The van der Waals surface area contributed by atoms with Crippen LogP contribution in [0.2, 0.25) is 0 Å².